The molecule has 0 radical (unpaired) electrons. The summed E-state index contributed by atoms with van der Waals surface area (Å²) in [5.41, 5.74) is 1.55. The molecule has 4 rings (SSSR count). The third-order valence-corrected chi connectivity index (χ3v) is 7.26. The molecule has 11 heteroatoms. The molecule has 10 nitrogen and oxygen atoms in total. The lowest BCUT2D eigenvalue weighted by atomic mass is 9.95. The summed E-state index contributed by atoms with van der Waals surface area (Å²) in [5.74, 6) is 0.672. The second kappa shape index (κ2) is 12.4. The van der Waals surface area contributed by atoms with Crippen molar-refractivity contribution in [1.82, 2.24) is 4.57 Å². The number of methoxy groups -OCH3 is 3. The van der Waals surface area contributed by atoms with E-state index in [0.717, 1.165) is 0 Å². The molecule has 0 N–H and O–H groups in total. The summed E-state index contributed by atoms with van der Waals surface area (Å²) in [5, 5.41) is 0. The zero-order chi connectivity index (χ0) is 29.8. The monoisotopic (exact) mass is 580 g/mol. The maximum atomic E-state index is 14.0. The standard InChI is InChI=1S/C30H32N2O8S/c1-16(2)15-39-29(35)26-17(3)31-30-32(27(26)20-9-11-22(40-18(4)33)24(12-20)38-7)28(34)25(41-30)13-19-8-10-21(36-5)14-23(19)37-6/h8-14,16,27H,15H2,1-7H3/b25-13-/t27-/m0/s1. The van der Waals surface area contributed by atoms with Crippen LogP contribution < -0.4 is 33.8 Å². The topological polar surface area (TPSA) is 115 Å². The molecule has 1 aromatic heterocycles. The Morgan fingerprint density at radius 2 is 1.76 bits per heavy atom. The van der Waals surface area contributed by atoms with Crippen LogP contribution in [0.15, 0.2) is 57.5 Å². The van der Waals surface area contributed by atoms with Crippen LogP contribution in [0.1, 0.15) is 44.9 Å². The van der Waals surface area contributed by atoms with Gasteiger partial charge in [-0.3, -0.25) is 14.2 Å². The molecule has 0 aliphatic carbocycles. The van der Waals surface area contributed by atoms with Crippen molar-refractivity contribution in [2.45, 2.75) is 33.7 Å². The second-order valence-corrected chi connectivity index (χ2v) is 10.7. The largest absolute Gasteiger partial charge is 0.497 e. The average molecular weight is 581 g/mol. The summed E-state index contributed by atoms with van der Waals surface area (Å²) < 4.78 is 29.0. The van der Waals surface area contributed by atoms with Gasteiger partial charge in [-0.1, -0.05) is 31.3 Å². The Morgan fingerprint density at radius 1 is 1.02 bits per heavy atom. The van der Waals surface area contributed by atoms with E-state index in [0.29, 0.717) is 37.7 Å². The minimum Gasteiger partial charge on any atom is -0.497 e. The van der Waals surface area contributed by atoms with E-state index in [4.69, 9.17) is 23.7 Å². The van der Waals surface area contributed by atoms with Crippen molar-refractivity contribution >= 4 is 29.4 Å². The van der Waals surface area contributed by atoms with Crippen LogP contribution in [-0.2, 0) is 14.3 Å². The lowest BCUT2D eigenvalue weighted by molar-refractivity contribution is -0.140. The van der Waals surface area contributed by atoms with Gasteiger partial charge >= 0.3 is 11.9 Å². The van der Waals surface area contributed by atoms with Crippen molar-refractivity contribution in [3.05, 3.63) is 78.5 Å². The van der Waals surface area contributed by atoms with E-state index < -0.39 is 18.0 Å². The first-order valence-electron chi connectivity index (χ1n) is 12.9. The molecular formula is C30H32N2O8S. The SMILES string of the molecule is COc1ccc(/C=c2\sc3n(c2=O)[C@@H](c2ccc(OC(C)=O)c(OC)c2)C(C(=O)OCC(C)C)=C(C)N=3)c(OC)c1. The highest BCUT2D eigenvalue weighted by Crippen LogP contribution is 2.36. The van der Waals surface area contributed by atoms with Crippen molar-refractivity contribution in [3.8, 4) is 23.0 Å². The molecule has 2 aromatic carbocycles. The molecule has 2 heterocycles. The summed E-state index contributed by atoms with van der Waals surface area (Å²) in [6, 6.07) is 9.33. The first kappa shape index (κ1) is 29.6. The van der Waals surface area contributed by atoms with E-state index in [-0.39, 0.29) is 35.2 Å². The van der Waals surface area contributed by atoms with Crippen LogP contribution in [0, 0.1) is 5.92 Å². The van der Waals surface area contributed by atoms with Crippen LogP contribution in [0.2, 0.25) is 0 Å². The van der Waals surface area contributed by atoms with Gasteiger partial charge in [0.25, 0.3) is 5.56 Å². The number of esters is 2. The predicted octanol–water partition coefficient (Wildman–Crippen LogP) is 3.39. The molecule has 1 aliphatic rings. The quantitative estimate of drug-likeness (QED) is 0.280. The number of rotatable bonds is 9. The minimum atomic E-state index is -0.869. The van der Waals surface area contributed by atoms with Gasteiger partial charge in [0, 0.05) is 18.6 Å². The molecular weight excluding hydrogens is 548 g/mol. The molecule has 1 aliphatic heterocycles. The highest BCUT2D eigenvalue weighted by molar-refractivity contribution is 7.07. The summed E-state index contributed by atoms with van der Waals surface area (Å²) in [4.78, 5) is 44.1. The van der Waals surface area contributed by atoms with Crippen LogP contribution in [0.25, 0.3) is 6.08 Å². The van der Waals surface area contributed by atoms with Gasteiger partial charge in [-0.2, -0.15) is 0 Å². The summed E-state index contributed by atoms with van der Waals surface area (Å²) in [7, 11) is 4.55. The maximum Gasteiger partial charge on any atom is 0.338 e. The van der Waals surface area contributed by atoms with Crippen LogP contribution in [0.5, 0.6) is 23.0 Å². The van der Waals surface area contributed by atoms with E-state index in [1.54, 1.807) is 63.6 Å². The Bertz CT molecular complexity index is 1700. The van der Waals surface area contributed by atoms with Crippen LogP contribution in [0.4, 0.5) is 0 Å². The molecule has 0 saturated carbocycles. The number of thiazole rings is 1. The molecule has 0 fully saturated rings. The molecule has 1 atom stereocenters. The number of benzene rings is 2. The summed E-state index contributed by atoms with van der Waals surface area (Å²) in [6.07, 6.45) is 1.72. The third kappa shape index (κ3) is 6.19. The number of aromatic nitrogens is 1. The van der Waals surface area contributed by atoms with Crippen molar-refractivity contribution in [2.75, 3.05) is 27.9 Å². The van der Waals surface area contributed by atoms with Crippen molar-refractivity contribution < 1.29 is 33.3 Å². The van der Waals surface area contributed by atoms with Crippen LogP contribution in [-0.4, -0.2) is 44.4 Å². The van der Waals surface area contributed by atoms with E-state index >= 15 is 0 Å². The van der Waals surface area contributed by atoms with Crippen molar-refractivity contribution in [2.24, 2.45) is 10.9 Å². The van der Waals surface area contributed by atoms with Gasteiger partial charge < -0.3 is 23.7 Å². The Balaban J connectivity index is 1.94. The third-order valence-electron chi connectivity index (χ3n) is 6.27. The molecule has 41 heavy (non-hydrogen) atoms. The predicted molar refractivity (Wildman–Crippen MR) is 153 cm³/mol. The Morgan fingerprint density at radius 3 is 2.39 bits per heavy atom. The number of carbonyl (C=O) groups excluding carboxylic acids is 2. The highest BCUT2D eigenvalue weighted by atomic mass is 32.1. The highest BCUT2D eigenvalue weighted by Gasteiger charge is 2.34. The lowest BCUT2D eigenvalue weighted by Crippen LogP contribution is -2.40. The number of hydrogen-bond donors (Lipinski definition) is 0. The van der Waals surface area contributed by atoms with Gasteiger partial charge in [0.2, 0.25) is 0 Å². The summed E-state index contributed by atoms with van der Waals surface area (Å²) >= 11 is 1.20. The van der Waals surface area contributed by atoms with E-state index in [9.17, 15) is 14.4 Å². The fourth-order valence-corrected chi connectivity index (χ4v) is 5.43. The van der Waals surface area contributed by atoms with Crippen molar-refractivity contribution in [3.63, 3.8) is 0 Å². The van der Waals surface area contributed by atoms with Gasteiger partial charge in [-0.15, -0.1) is 0 Å². The van der Waals surface area contributed by atoms with E-state index in [2.05, 4.69) is 4.99 Å². The molecule has 3 aromatic rings. The fourth-order valence-electron chi connectivity index (χ4n) is 4.39. The first-order valence-corrected chi connectivity index (χ1v) is 13.7. The number of allylic oxidation sites excluding steroid dienone is 1. The van der Waals surface area contributed by atoms with Gasteiger partial charge in [0.15, 0.2) is 16.3 Å². The fraction of sp³-hybridized carbons (Fsp3) is 0.333. The zero-order valence-electron chi connectivity index (χ0n) is 24.0. The van der Waals surface area contributed by atoms with E-state index in [1.807, 2.05) is 13.8 Å². The molecule has 0 amide bonds. The average Bonchev–Trinajstić information content (AvgIpc) is 3.24. The Kier molecular flexibility index (Phi) is 8.97. The van der Waals surface area contributed by atoms with Gasteiger partial charge in [-0.05, 0) is 48.7 Å². The number of nitrogens with zero attached hydrogens (tertiary/aromatic N) is 2. The number of fused-ring (bicyclic) bond motifs is 1. The molecule has 0 saturated heterocycles. The second-order valence-electron chi connectivity index (χ2n) is 9.69. The van der Waals surface area contributed by atoms with Gasteiger partial charge in [0.05, 0.1) is 49.8 Å². The molecule has 0 unspecified atom stereocenters. The lowest BCUT2D eigenvalue weighted by Gasteiger charge is -2.25. The van der Waals surface area contributed by atoms with Crippen LogP contribution in [0.3, 0.4) is 0 Å². The smallest absolute Gasteiger partial charge is 0.338 e. The normalized spacial score (nSPS) is 14.8. The molecule has 0 spiro atoms. The molecule has 0 bridgehead atoms. The number of hydrogen-bond acceptors (Lipinski definition) is 10. The maximum absolute atomic E-state index is 14.0. The van der Waals surface area contributed by atoms with Gasteiger partial charge in [0.1, 0.15) is 11.5 Å². The van der Waals surface area contributed by atoms with Crippen molar-refractivity contribution in [1.29, 1.82) is 0 Å². The van der Waals surface area contributed by atoms with E-state index in [1.165, 1.54) is 29.9 Å². The Labute approximate surface area is 241 Å². The first-order chi connectivity index (χ1) is 19.6. The number of ether oxygens (including phenoxy) is 5. The summed E-state index contributed by atoms with van der Waals surface area (Å²) in [6.45, 7) is 7.09. The molecule has 216 valence electrons. The zero-order valence-corrected chi connectivity index (χ0v) is 24.8. The Hall–Kier alpha value is -4.38. The number of carbonyl (C=O) groups is 2. The minimum absolute atomic E-state index is 0.113. The van der Waals surface area contributed by atoms with Crippen LogP contribution >= 0.6 is 11.3 Å². The van der Waals surface area contributed by atoms with Gasteiger partial charge in [-0.25, -0.2) is 9.79 Å².